The Bertz CT molecular complexity index is 890. The molecule has 3 nitrogen and oxygen atoms in total. The SMILES string of the molecule is C=CC[C@H](C[C@H](O)CCO[Si](c1ccccc1)(c1ccccc1)C(C)(C)C)O[Si](C(C)C)(C(C)C)C(C)C. The molecular weight excluding hydrogens is 501 g/mol. The minimum absolute atomic E-state index is 0.0192. The van der Waals surface area contributed by atoms with Crippen LogP contribution in [0.25, 0.3) is 0 Å². The second-order valence-corrected chi connectivity index (χ2v) is 22.5. The second kappa shape index (κ2) is 14.2. The molecule has 0 aliphatic carbocycles. The van der Waals surface area contributed by atoms with E-state index in [0.29, 0.717) is 36.1 Å². The molecule has 0 spiro atoms. The van der Waals surface area contributed by atoms with Crippen LogP contribution >= 0.6 is 0 Å². The molecule has 5 heteroatoms. The van der Waals surface area contributed by atoms with Crippen molar-refractivity contribution in [2.45, 2.75) is 115 Å². The van der Waals surface area contributed by atoms with Gasteiger partial charge in [-0.25, -0.2) is 0 Å². The zero-order valence-corrected chi connectivity index (χ0v) is 27.5. The van der Waals surface area contributed by atoms with E-state index >= 15 is 0 Å². The zero-order valence-electron chi connectivity index (χ0n) is 25.5. The summed E-state index contributed by atoms with van der Waals surface area (Å²) >= 11 is 0. The molecule has 0 saturated carbocycles. The predicted molar refractivity (Wildman–Crippen MR) is 170 cm³/mol. The van der Waals surface area contributed by atoms with E-state index in [4.69, 9.17) is 8.85 Å². The van der Waals surface area contributed by atoms with Crippen LogP contribution in [-0.2, 0) is 8.85 Å². The van der Waals surface area contributed by atoms with Crippen LogP contribution in [0.1, 0.15) is 81.6 Å². The summed E-state index contributed by atoms with van der Waals surface area (Å²) in [5.41, 5.74) is 1.52. The summed E-state index contributed by atoms with van der Waals surface area (Å²) in [5, 5.41) is 13.7. The lowest BCUT2D eigenvalue weighted by Crippen LogP contribution is -2.66. The van der Waals surface area contributed by atoms with Crippen molar-refractivity contribution in [3.05, 3.63) is 73.3 Å². The van der Waals surface area contributed by atoms with Crippen LogP contribution in [0.4, 0.5) is 0 Å². The van der Waals surface area contributed by atoms with Gasteiger partial charge < -0.3 is 14.0 Å². The molecule has 2 aromatic rings. The topological polar surface area (TPSA) is 38.7 Å². The summed E-state index contributed by atoms with van der Waals surface area (Å²) < 4.78 is 14.1. The molecule has 0 unspecified atom stereocenters. The van der Waals surface area contributed by atoms with Gasteiger partial charge in [0.1, 0.15) is 0 Å². The third-order valence-electron chi connectivity index (χ3n) is 8.23. The van der Waals surface area contributed by atoms with E-state index in [1.165, 1.54) is 10.4 Å². The van der Waals surface area contributed by atoms with Crippen molar-refractivity contribution in [1.82, 2.24) is 0 Å². The molecule has 0 bridgehead atoms. The average Bonchev–Trinajstić information content (AvgIpc) is 2.85. The maximum Gasteiger partial charge on any atom is 0.261 e. The molecule has 0 heterocycles. The number of aliphatic hydroxyl groups excluding tert-OH is 1. The molecular formula is C33H54O3Si2. The monoisotopic (exact) mass is 554 g/mol. The van der Waals surface area contributed by atoms with E-state index in [1.807, 2.05) is 6.08 Å². The fourth-order valence-electron chi connectivity index (χ4n) is 6.61. The molecule has 38 heavy (non-hydrogen) atoms. The highest BCUT2D eigenvalue weighted by molar-refractivity contribution is 6.99. The van der Waals surface area contributed by atoms with Gasteiger partial charge in [0, 0.05) is 6.61 Å². The number of hydrogen-bond donors (Lipinski definition) is 1. The second-order valence-electron chi connectivity index (χ2n) is 12.8. The first kappa shape index (κ1) is 32.7. The molecule has 2 rings (SSSR count). The largest absolute Gasteiger partial charge is 0.413 e. The summed E-state index contributed by atoms with van der Waals surface area (Å²) in [6.07, 6.45) is 3.38. The first-order valence-corrected chi connectivity index (χ1v) is 18.6. The molecule has 0 aromatic heterocycles. The Labute approximate surface area is 235 Å². The van der Waals surface area contributed by atoms with Crippen LogP contribution in [0.3, 0.4) is 0 Å². The van der Waals surface area contributed by atoms with E-state index in [0.717, 1.165) is 6.42 Å². The minimum atomic E-state index is -2.61. The summed E-state index contributed by atoms with van der Waals surface area (Å²) in [6.45, 7) is 25.2. The number of hydrogen-bond acceptors (Lipinski definition) is 3. The highest BCUT2D eigenvalue weighted by Crippen LogP contribution is 2.44. The lowest BCUT2D eigenvalue weighted by atomic mass is 10.1. The van der Waals surface area contributed by atoms with Gasteiger partial charge in [0.05, 0.1) is 12.2 Å². The number of benzene rings is 2. The van der Waals surface area contributed by atoms with Crippen molar-refractivity contribution in [3.8, 4) is 0 Å². The first-order chi connectivity index (χ1) is 17.8. The van der Waals surface area contributed by atoms with E-state index in [1.54, 1.807) is 0 Å². The van der Waals surface area contributed by atoms with Crippen LogP contribution in [0.5, 0.6) is 0 Å². The van der Waals surface area contributed by atoms with E-state index in [2.05, 4.69) is 130 Å². The third-order valence-corrected chi connectivity index (χ3v) is 19.4. The molecule has 212 valence electrons. The van der Waals surface area contributed by atoms with E-state index in [9.17, 15) is 5.11 Å². The Morgan fingerprint density at radius 1 is 0.816 bits per heavy atom. The quantitative estimate of drug-likeness (QED) is 0.180. The Morgan fingerprint density at radius 3 is 1.63 bits per heavy atom. The Hall–Kier alpha value is -1.51. The lowest BCUT2D eigenvalue weighted by Gasteiger charge is -2.45. The molecule has 0 amide bonds. The van der Waals surface area contributed by atoms with Gasteiger partial charge in [0.15, 0.2) is 0 Å². The average molecular weight is 555 g/mol. The van der Waals surface area contributed by atoms with Gasteiger partial charge in [-0.2, -0.15) is 0 Å². The van der Waals surface area contributed by atoms with Crippen LogP contribution in [0.2, 0.25) is 21.7 Å². The number of rotatable bonds is 15. The van der Waals surface area contributed by atoms with Crippen molar-refractivity contribution in [2.75, 3.05) is 6.61 Å². The van der Waals surface area contributed by atoms with Gasteiger partial charge in [0.2, 0.25) is 8.32 Å². The van der Waals surface area contributed by atoms with Gasteiger partial charge in [0.25, 0.3) is 8.32 Å². The highest BCUT2D eigenvalue weighted by Gasteiger charge is 2.50. The standard InChI is InChI=1S/C33H54O3Si2/c1-11-18-30(36-37(26(2)3,27(4)5)28(6)7)25-29(34)23-24-35-38(33(8,9)10,31-19-14-12-15-20-31)32-21-16-13-17-22-32/h11-17,19-22,26-30,34H,1,18,23-25H2,2-10H3/t29-,30-/m1/s1. The predicted octanol–water partition coefficient (Wildman–Crippen LogP) is 7.84. The van der Waals surface area contributed by atoms with Crippen molar-refractivity contribution < 1.29 is 14.0 Å². The van der Waals surface area contributed by atoms with Gasteiger partial charge >= 0.3 is 0 Å². The fraction of sp³-hybridized carbons (Fsp3) is 0.576. The highest BCUT2D eigenvalue weighted by atomic mass is 28.4. The molecule has 0 saturated heterocycles. The molecule has 2 aromatic carbocycles. The normalized spacial score (nSPS) is 14.8. The summed E-state index contributed by atoms with van der Waals surface area (Å²) in [5.74, 6) is 0. The summed E-state index contributed by atoms with van der Waals surface area (Å²) in [6, 6.07) is 21.4. The minimum Gasteiger partial charge on any atom is -0.413 e. The molecule has 0 radical (unpaired) electrons. The molecule has 2 atom stereocenters. The lowest BCUT2D eigenvalue weighted by molar-refractivity contribution is 0.0696. The summed E-state index contributed by atoms with van der Waals surface area (Å²) in [7, 11) is -4.66. The fourth-order valence-corrected chi connectivity index (χ4v) is 16.8. The van der Waals surface area contributed by atoms with Crippen molar-refractivity contribution >= 4 is 27.0 Å². The van der Waals surface area contributed by atoms with Crippen molar-refractivity contribution in [3.63, 3.8) is 0 Å². The molecule has 0 aliphatic rings. The molecule has 0 aliphatic heterocycles. The Balaban J connectivity index is 2.25. The van der Waals surface area contributed by atoms with Crippen molar-refractivity contribution in [2.24, 2.45) is 0 Å². The number of aliphatic hydroxyl groups is 1. The third kappa shape index (κ3) is 7.36. The van der Waals surface area contributed by atoms with Crippen LogP contribution in [0, 0.1) is 0 Å². The maximum atomic E-state index is 11.2. The van der Waals surface area contributed by atoms with E-state index in [-0.39, 0.29) is 11.1 Å². The first-order valence-electron chi connectivity index (χ1n) is 14.5. The maximum absolute atomic E-state index is 11.2. The Kier molecular flexibility index (Phi) is 12.2. The van der Waals surface area contributed by atoms with Gasteiger partial charge in [-0.05, 0) is 51.3 Å². The van der Waals surface area contributed by atoms with Gasteiger partial charge in [-0.1, -0.05) is 129 Å². The van der Waals surface area contributed by atoms with Crippen LogP contribution < -0.4 is 10.4 Å². The van der Waals surface area contributed by atoms with Gasteiger partial charge in [-0.15, -0.1) is 6.58 Å². The van der Waals surface area contributed by atoms with Crippen LogP contribution in [0.15, 0.2) is 73.3 Å². The van der Waals surface area contributed by atoms with E-state index < -0.39 is 22.7 Å². The summed E-state index contributed by atoms with van der Waals surface area (Å²) in [4.78, 5) is 0. The van der Waals surface area contributed by atoms with Crippen LogP contribution in [-0.4, -0.2) is 40.6 Å². The van der Waals surface area contributed by atoms with Gasteiger partial charge in [-0.3, -0.25) is 0 Å². The smallest absolute Gasteiger partial charge is 0.261 e. The zero-order chi connectivity index (χ0) is 28.6. The molecule has 0 fully saturated rings. The molecule has 1 N–H and O–H groups in total. The Morgan fingerprint density at radius 2 is 1.26 bits per heavy atom. The van der Waals surface area contributed by atoms with Crippen molar-refractivity contribution in [1.29, 1.82) is 0 Å².